The van der Waals surface area contributed by atoms with Crippen molar-refractivity contribution in [2.75, 3.05) is 49.6 Å². The van der Waals surface area contributed by atoms with Crippen LogP contribution in [-0.2, 0) is 33.3 Å². The highest BCUT2D eigenvalue weighted by atomic mass is 35.5. The molecule has 1 atom stereocenters. The van der Waals surface area contributed by atoms with Crippen LogP contribution >= 0.6 is 12.4 Å². The Kier molecular flexibility index (Phi) is 9.34. The average Bonchev–Trinajstić information content (AvgIpc) is 3.70. The van der Waals surface area contributed by atoms with Crippen molar-refractivity contribution in [1.29, 1.82) is 0 Å². The van der Waals surface area contributed by atoms with Crippen LogP contribution in [0.5, 0.6) is 0 Å². The molecule has 0 unspecified atom stereocenters. The Morgan fingerprint density at radius 3 is 2.55 bits per heavy atom. The number of sulfonamides is 1. The summed E-state index contributed by atoms with van der Waals surface area (Å²) in [6, 6.07) is 8.37. The van der Waals surface area contributed by atoms with Gasteiger partial charge in [0.1, 0.15) is 11.6 Å². The third-order valence-electron chi connectivity index (χ3n) is 8.60. The SMILES string of the molecule is CC1(C)c2n[nH]c(CC(=O)c3ccc(N4CCOCC4)cc3NC[C@H]3CCCN3)c2CN1S(=O)(=O)c1cc(F)cc(F)c1.Cl. The van der Waals surface area contributed by atoms with Gasteiger partial charge in [-0.2, -0.15) is 9.40 Å². The van der Waals surface area contributed by atoms with Crippen LogP contribution in [0.3, 0.4) is 0 Å². The molecule has 0 saturated carbocycles. The molecule has 1 aromatic heterocycles. The first kappa shape index (κ1) is 32.3. The van der Waals surface area contributed by atoms with Crippen LogP contribution in [0, 0.1) is 11.6 Å². The summed E-state index contributed by atoms with van der Waals surface area (Å²) in [5, 5.41) is 14.3. The van der Waals surface area contributed by atoms with Gasteiger partial charge in [0.15, 0.2) is 5.78 Å². The predicted molar refractivity (Wildman–Crippen MR) is 165 cm³/mol. The molecule has 3 aliphatic rings. The van der Waals surface area contributed by atoms with Gasteiger partial charge in [-0.25, -0.2) is 17.2 Å². The zero-order valence-electron chi connectivity index (χ0n) is 24.7. The quantitative estimate of drug-likeness (QED) is 0.298. The second-order valence-electron chi connectivity index (χ2n) is 11.8. The highest BCUT2D eigenvalue weighted by Gasteiger charge is 2.48. The van der Waals surface area contributed by atoms with Crippen LogP contribution in [-0.4, -0.2) is 74.1 Å². The van der Waals surface area contributed by atoms with Crippen LogP contribution < -0.4 is 15.5 Å². The fraction of sp³-hybridized carbons (Fsp3) is 0.467. The van der Waals surface area contributed by atoms with Crippen LogP contribution in [0.25, 0.3) is 0 Å². The van der Waals surface area contributed by atoms with Gasteiger partial charge in [0.25, 0.3) is 0 Å². The average molecular weight is 651 g/mol. The first-order valence-corrected chi connectivity index (χ1v) is 16.0. The Balaban J connectivity index is 0.00000384. The second kappa shape index (κ2) is 12.7. The molecule has 3 aliphatic heterocycles. The molecular formula is C30H37ClF2N6O4S. The third kappa shape index (κ3) is 6.20. The normalized spacial score (nSPS) is 19.9. The van der Waals surface area contributed by atoms with E-state index in [1.165, 1.54) is 4.31 Å². The lowest BCUT2D eigenvalue weighted by Crippen LogP contribution is -2.40. The minimum absolute atomic E-state index is 0. The molecule has 0 spiro atoms. The summed E-state index contributed by atoms with van der Waals surface area (Å²) in [4.78, 5) is 15.6. The summed E-state index contributed by atoms with van der Waals surface area (Å²) < 4.78 is 61.6. The van der Waals surface area contributed by atoms with Gasteiger partial charge >= 0.3 is 0 Å². The van der Waals surface area contributed by atoms with E-state index in [9.17, 15) is 22.0 Å². The van der Waals surface area contributed by atoms with Gasteiger partial charge in [-0.15, -0.1) is 12.4 Å². The summed E-state index contributed by atoms with van der Waals surface area (Å²) in [6.07, 6.45) is 2.17. The maximum atomic E-state index is 13.9. The van der Waals surface area contributed by atoms with E-state index in [1.54, 1.807) is 13.8 Å². The molecule has 238 valence electrons. The van der Waals surface area contributed by atoms with Gasteiger partial charge in [0, 0.05) is 66.5 Å². The van der Waals surface area contributed by atoms with Gasteiger partial charge in [-0.05, 0) is 63.6 Å². The number of morpholine rings is 1. The summed E-state index contributed by atoms with van der Waals surface area (Å²) in [5.41, 5.74) is 2.76. The lowest BCUT2D eigenvalue weighted by molar-refractivity contribution is 0.0992. The number of ketones is 1. The molecule has 2 aromatic carbocycles. The number of fused-ring (bicyclic) bond motifs is 1. The molecule has 2 fully saturated rings. The number of H-pyrrole nitrogens is 1. The molecule has 0 aliphatic carbocycles. The Morgan fingerprint density at radius 1 is 1.14 bits per heavy atom. The van der Waals surface area contributed by atoms with Gasteiger partial charge in [0.05, 0.1) is 35.8 Å². The predicted octanol–water partition coefficient (Wildman–Crippen LogP) is 3.98. The highest BCUT2D eigenvalue weighted by molar-refractivity contribution is 7.89. The number of benzene rings is 2. The zero-order valence-corrected chi connectivity index (χ0v) is 26.3. The van der Waals surface area contributed by atoms with Gasteiger partial charge < -0.3 is 20.3 Å². The van der Waals surface area contributed by atoms with Gasteiger partial charge in [-0.3, -0.25) is 9.89 Å². The Bertz CT molecular complexity index is 1620. The molecule has 0 amide bonds. The number of carbonyl (C=O) groups excluding carboxylic acids is 1. The molecule has 10 nitrogen and oxygen atoms in total. The molecule has 0 radical (unpaired) electrons. The minimum atomic E-state index is -4.28. The number of Topliss-reactive ketones (excluding diaryl/α,β-unsaturated/α-hetero) is 1. The van der Waals surface area contributed by atoms with E-state index >= 15 is 0 Å². The van der Waals surface area contributed by atoms with Crippen molar-refractivity contribution in [2.24, 2.45) is 0 Å². The van der Waals surface area contributed by atoms with Crippen molar-refractivity contribution in [3.05, 3.63) is 70.5 Å². The molecule has 6 rings (SSSR count). The van der Waals surface area contributed by atoms with Crippen LogP contribution in [0.15, 0.2) is 41.3 Å². The van der Waals surface area contributed by atoms with Crippen molar-refractivity contribution < 1.29 is 26.7 Å². The number of halogens is 3. The molecule has 14 heteroatoms. The Labute approximate surface area is 262 Å². The number of carbonyl (C=O) groups is 1. The van der Waals surface area contributed by atoms with Crippen molar-refractivity contribution in [1.82, 2.24) is 19.8 Å². The number of hydrogen-bond acceptors (Lipinski definition) is 8. The van der Waals surface area contributed by atoms with Crippen molar-refractivity contribution in [3.63, 3.8) is 0 Å². The largest absolute Gasteiger partial charge is 0.383 e. The van der Waals surface area contributed by atoms with Crippen LogP contribution in [0.1, 0.15) is 54.0 Å². The molecule has 44 heavy (non-hydrogen) atoms. The van der Waals surface area contributed by atoms with Crippen LogP contribution in [0.2, 0.25) is 0 Å². The van der Waals surface area contributed by atoms with E-state index in [2.05, 4.69) is 25.7 Å². The fourth-order valence-corrected chi connectivity index (χ4v) is 8.00. The molecular weight excluding hydrogens is 614 g/mol. The lowest BCUT2D eigenvalue weighted by Gasteiger charge is -2.30. The summed E-state index contributed by atoms with van der Waals surface area (Å²) in [6.45, 7) is 7.79. The third-order valence-corrected chi connectivity index (χ3v) is 10.6. The minimum Gasteiger partial charge on any atom is -0.383 e. The number of aromatic nitrogens is 2. The molecule has 0 bridgehead atoms. The van der Waals surface area contributed by atoms with E-state index in [-0.39, 0.29) is 31.2 Å². The van der Waals surface area contributed by atoms with E-state index in [1.807, 2.05) is 18.2 Å². The van der Waals surface area contributed by atoms with Crippen LogP contribution in [0.4, 0.5) is 20.2 Å². The first-order chi connectivity index (χ1) is 20.5. The monoisotopic (exact) mass is 650 g/mol. The first-order valence-electron chi connectivity index (χ1n) is 14.6. The van der Waals surface area contributed by atoms with Gasteiger partial charge in [0.2, 0.25) is 10.0 Å². The molecule has 3 aromatic rings. The number of hydrogen-bond donors (Lipinski definition) is 3. The summed E-state index contributed by atoms with van der Waals surface area (Å²) in [7, 11) is -4.28. The standard InChI is InChI=1S/C30H36F2N6O4S.ClH/c1-30(2)29-25(18-38(30)43(40,41)23-13-19(31)12-20(32)14-23)27(35-36-29)16-28(39)24-6-5-22(37-8-10-42-11-9-37)15-26(24)34-17-21-4-3-7-33-21;/h5-6,12-15,21,33-34H,3-4,7-11,16-18H2,1-2H3,(H,35,36);1H/t21-;/m1./s1. The van der Waals surface area contributed by atoms with Crippen molar-refractivity contribution in [3.8, 4) is 0 Å². The maximum absolute atomic E-state index is 13.9. The zero-order chi connectivity index (χ0) is 30.4. The van der Waals surface area contributed by atoms with E-state index in [0.29, 0.717) is 54.4 Å². The number of nitrogens with zero attached hydrogens (tertiary/aromatic N) is 3. The van der Waals surface area contributed by atoms with Crippen molar-refractivity contribution in [2.45, 2.75) is 56.1 Å². The number of nitrogens with one attached hydrogen (secondary N) is 3. The highest BCUT2D eigenvalue weighted by Crippen LogP contribution is 2.43. The van der Waals surface area contributed by atoms with E-state index < -0.39 is 32.1 Å². The van der Waals surface area contributed by atoms with E-state index in [4.69, 9.17) is 4.74 Å². The lowest BCUT2D eigenvalue weighted by atomic mass is 9.98. The van der Waals surface area contributed by atoms with Gasteiger partial charge in [-0.1, -0.05) is 0 Å². The number of aromatic amines is 1. The summed E-state index contributed by atoms with van der Waals surface area (Å²) in [5.74, 6) is -2.10. The smallest absolute Gasteiger partial charge is 0.244 e. The number of rotatable bonds is 9. The molecule has 2 saturated heterocycles. The second-order valence-corrected chi connectivity index (χ2v) is 13.7. The Hall–Kier alpha value is -3.10. The molecule has 4 heterocycles. The maximum Gasteiger partial charge on any atom is 0.244 e. The van der Waals surface area contributed by atoms with E-state index in [0.717, 1.165) is 56.0 Å². The van der Waals surface area contributed by atoms with Crippen molar-refractivity contribution >= 4 is 39.6 Å². The Morgan fingerprint density at radius 2 is 1.86 bits per heavy atom. The fourth-order valence-electron chi connectivity index (χ4n) is 6.23. The molecule has 3 N–H and O–H groups in total. The number of ether oxygens (including phenoxy) is 1. The topological polar surface area (TPSA) is 120 Å². The summed E-state index contributed by atoms with van der Waals surface area (Å²) >= 11 is 0. The number of anilines is 2.